The van der Waals surface area contributed by atoms with E-state index in [-0.39, 0.29) is 19.0 Å². The predicted octanol–water partition coefficient (Wildman–Crippen LogP) is 2.78. The Morgan fingerprint density at radius 2 is 1.89 bits per heavy atom. The average Bonchev–Trinajstić information content (AvgIpc) is 2.65. The van der Waals surface area contributed by atoms with Crippen LogP contribution in [0.5, 0.6) is 0 Å². The molecule has 2 rings (SSSR count). The summed E-state index contributed by atoms with van der Waals surface area (Å²) in [4.78, 5) is 4.26. The largest absolute Gasteiger partial charge is 0.511 e. The third-order valence-electron chi connectivity index (χ3n) is 5.36. The first-order valence-electron chi connectivity index (χ1n) is 9.82. The van der Waals surface area contributed by atoms with Crippen LogP contribution in [0.1, 0.15) is 45.4 Å². The Morgan fingerprint density at radius 3 is 2.46 bits per heavy atom. The maximum atomic E-state index is 12.6. The molecule has 0 bridgehead atoms. The molecule has 0 radical (unpaired) electrons. The number of piperidine rings is 1. The third kappa shape index (κ3) is 6.41. The first-order chi connectivity index (χ1) is 13.2. The number of rotatable bonds is 6. The van der Waals surface area contributed by atoms with Crippen LogP contribution < -0.4 is 10.6 Å². The monoisotopic (exact) mass is 444 g/mol. The highest BCUT2D eigenvalue weighted by molar-refractivity contribution is 7.99. The van der Waals surface area contributed by atoms with Crippen molar-refractivity contribution in [2.45, 2.75) is 62.2 Å². The van der Waals surface area contributed by atoms with Crippen molar-refractivity contribution >= 4 is 27.7 Å². The molecule has 0 aromatic carbocycles. The van der Waals surface area contributed by atoms with Gasteiger partial charge in [0.05, 0.1) is 0 Å². The highest BCUT2D eigenvalue weighted by atomic mass is 32.2. The van der Waals surface area contributed by atoms with Crippen molar-refractivity contribution in [1.29, 1.82) is 0 Å². The maximum Gasteiger partial charge on any atom is 0.511 e. The summed E-state index contributed by atoms with van der Waals surface area (Å²) in [6.45, 7) is 2.55. The Hall–Kier alpha value is -0.680. The molecule has 2 N–H and O–H groups in total. The summed E-state index contributed by atoms with van der Waals surface area (Å²) in [6.07, 6.45) is 5.46. The Balaban J connectivity index is 1.76. The van der Waals surface area contributed by atoms with Gasteiger partial charge in [0.15, 0.2) is 5.96 Å². The molecule has 6 nitrogen and oxygen atoms in total. The summed E-state index contributed by atoms with van der Waals surface area (Å²) in [6, 6.07) is 0.378. The minimum atomic E-state index is -5.22. The van der Waals surface area contributed by atoms with E-state index in [1.165, 1.54) is 12.8 Å². The fraction of sp³-hybridized carbons (Fsp3) is 0.941. The number of thioether (sulfide) groups is 1. The lowest BCUT2D eigenvalue weighted by atomic mass is 9.95. The zero-order valence-corrected chi connectivity index (χ0v) is 18.1. The van der Waals surface area contributed by atoms with E-state index in [1.807, 2.05) is 11.8 Å². The molecule has 1 aliphatic heterocycles. The first-order valence-corrected chi connectivity index (χ1v) is 12.3. The van der Waals surface area contributed by atoms with E-state index < -0.39 is 15.5 Å². The summed E-state index contributed by atoms with van der Waals surface area (Å²) in [5, 5.41) is 7.39. The van der Waals surface area contributed by atoms with Crippen LogP contribution in [0.2, 0.25) is 0 Å². The number of nitrogens with one attached hydrogen (secondary N) is 2. The molecule has 0 aromatic rings. The molecule has 28 heavy (non-hydrogen) atoms. The molecular formula is C17H31F3N4O2S2. The van der Waals surface area contributed by atoms with Gasteiger partial charge in [0.2, 0.25) is 0 Å². The standard InChI is InChI=1S/C17H31F3N4O2S2/c1-3-27-15-6-4-5-14(11-15)23-16(21-2)22-12-13-7-9-24(10-8-13)28(25,26)17(18,19)20/h13-15H,3-12H2,1-2H3,(H2,21,22,23). The predicted molar refractivity (Wildman–Crippen MR) is 108 cm³/mol. The summed E-state index contributed by atoms with van der Waals surface area (Å²) < 4.78 is 61.4. The number of hydrogen-bond acceptors (Lipinski definition) is 4. The van der Waals surface area contributed by atoms with Crippen LogP contribution in [0.3, 0.4) is 0 Å². The van der Waals surface area contributed by atoms with Gasteiger partial charge in [-0.1, -0.05) is 13.3 Å². The van der Waals surface area contributed by atoms with Crippen molar-refractivity contribution in [3.8, 4) is 0 Å². The second-order valence-electron chi connectivity index (χ2n) is 7.33. The number of aliphatic imine (C=N–C) groups is 1. The lowest BCUT2D eigenvalue weighted by molar-refractivity contribution is -0.0496. The average molecular weight is 445 g/mol. The zero-order chi connectivity index (χ0) is 20.8. The maximum absolute atomic E-state index is 12.6. The summed E-state index contributed by atoms with van der Waals surface area (Å²) in [5.74, 6) is 1.94. The lowest BCUT2D eigenvalue weighted by Crippen LogP contribution is -2.49. The van der Waals surface area contributed by atoms with Crippen LogP contribution in [-0.2, 0) is 10.0 Å². The summed E-state index contributed by atoms with van der Waals surface area (Å²) in [5.41, 5.74) is -5.22. The fourth-order valence-corrected chi connectivity index (χ4v) is 5.95. The minimum absolute atomic E-state index is 0.0984. The molecule has 11 heteroatoms. The van der Waals surface area contributed by atoms with E-state index in [9.17, 15) is 21.6 Å². The molecule has 2 fully saturated rings. The fourth-order valence-electron chi connectivity index (χ4n) is 3.79. The SMILES string of the molecule is CCSC1CCCC(NC(=NC)NCC2CCN(S(=O)(=O)C(F)(F)F)CC2)C1. The Bertz CT molecular complexity index is 618. The van der Waals surface area contributed by atoms with Gasteiger partial charge in [-0.15, -0.1) is 0 Å². The van der Waals surface area contributed by atoms with Gasteiger partial charge in [-0.3, -0.25) is 4.99 Å². The highest BCUT2D eigenvalue weighted by Gasteiger charge is 2.50. The van der Waals surface area contributed by atoms with Gasteiger partial charge in [-0.05, 0) is 43.8 Å². The van der Waals surface area contributed by atoms with Gasteiger partial charge < -0.3 is 10.6 Å². The number of hydrogen-bond donors (Lipinski definition) is 2. The van der Waals surface area contributed by atoms with Crippen LogP contribution >= 0.6 is 11.8 Å². The van der Waals surface area contributed by atoms with Crippen LogP contribution in [0.15, 0.2) is 4.99 Å². The lowest BCUT2D eigenvalue weighted by Gasteiger charge is -2.33. The number of nitrogens with zero attached hydrogens (tertiary/aromatic N) is 2. The second-order valence-corrected chi connectivity index (χ2v) is 10.8. The van der Waals surface area contributed by atoms with Crippen molar-refractivity contribution in [1.82, 2.24) is 14.9 Å². The minimum Gasteiger partial charge on any atom is -0.356 e. The number of halogens is 3. The van der Waals surface area contributed by atoms with E-state index in [1.54, 1.807) is 7.05 Å². The van der Waals surface area contributed by atoms with Gasteiger partial charge >= 0.3 is 15.5 Å². The van der Waals surface area contributed by atoms with E-state index >= 15 is 0 Å². The summed E-state index contributed by atoms with van der Waals surface area (Å²) >= 11 is 2.00. The van der Waals surface area contributed by atoms with Crippen molar-refractivity contribution in [3.05, 3.63) is 0 Å². The molecule has 1 saturated heterocycles. The van der Waals surface area contributed by atoms with Crippen LogP contribution in [0.4, 0.5) is 13.2 Å². The molecule has 0 spiro atoms. The Labute approximate surface area is 170 Å². The van der Waals surface area contributed by atoms with Gasteiger partial charge in [0.1, 0.15) is 0 Å². The van der Waals surface area contributed by atoms with Crippen LogP contribution in [-0.4, -0.2) is 67.9 Å². The molecule has 1 saturated carbocycles. The Morgan fingerprint density at radius 1 is 1.21 bits per heavy atom. The van der Waals surface area contributed by atoms with Crippen molar-refractivity contribution in [2.75, 3.05) is 32.4 Å². The van der Waals surface area contributed by atoms with E-state index in [2.05, 4.69) is 22.5 Å². The van der Waals surface area contributed by atoms with Crippen molar-refractivity contribution in [3.63, 3.8) is 0 Å². The van der Waals surface area contributed by atoms with Gasteiger partial charge in [0, 0.05) is 38.0 Å². The van der Waals surface area contributed by atoms with E-state index in [0.717, 1.165) is 18.6 Å². The molecule has 2 aliphatic rings. The quantitative estimate of drug-likeness (QED) is 0.487. The van der Waals surface area contributed by atoms with Gasteiger partial charge in [0.25, 0.3) is 0 Å². The number of sulfonamides is 1. The van der Waals surface area contributed by atoms with Crippen molar-refractivity contribution < 1.29 is 21.6 Å². The smallest absolute Gasteiger partial charge is 0.356 e. The summed E-state index contributed by atoms with van der Waals surface area (Å²) in [7, 11) is -3.51. The molecular weight excluding hydrogens is 413 g/mol. The normalized spacial score (nSPS) is 26.2. The topological polar surface area (TPSA) is 73.8 Å². The van der Waals surface area contributed by atoms with Gasteiger partial charge in [-0.25, -0.2) is 8.42 Å². The highest BCUT2D eigenvalue weighted by Crippen LogP contribution is 2.30. The first kappa shape index (κ1) is 23.6. The molecule has 1 aliphatic carbocycles. The molecule has 164 valence electrons. The zero-order valence-electron chi connectivity index (χ0n) is 16.5. The van der Waals surface area contributed by atoms with E-state index in [4.69, 9.17) is 0 Å². The Kier molecular flexibility index (Phi) is 8.75. The molecule has 0 amide bonds. The molecule has 2 unspecified atom stereocenters. The molecule has 1 heterocycles. The second kappa shape index (κ2) is 10.4. The van der Waals surface area contributed by atoms with Crippen molar-refractivity contribution in [2.24, 2.45) is 10.9 Å². The van der Waals surface area contributed by atoms with Crippen LogP contribution in [0, 0.1) is 5.92 Å². The molecule has 2 atom stereocenters. The molecule has 0 aromatic heterocycles. The number of guanidine groups is 1. The third-order valence-corrected chi connectivity index (χ3v) is 8.22. The number of alkyl halides is 3. The van der Waals surface area contributed by atoms with Crippen LogP contribution in [0.25, 0.3) is 0 Å². The van der Waals surface area contributed by atoms with E-state index in [0.29, 0.717) is 40.9 Å². The van der Waals surface area contributed by atoms with Gasteiger partial charge in [-0.2, -0.15) is 29.2 Å².